The van der Waals surface area contributed by atoms with Crippen molar-refractivity contribution in [1.29, 1.82) is 0 Å². The van der Waals surface area contributed by atoms with E-state index in [-0.39, 0.29) is 5.84 Å². The standard InChI is InChI=1S/C13H11Cl2N3OS/c14-9-3-4-10(15)11(6-9)20-7-8-2-1-5-17-12(8)13(16)18-19/h1-6,19H,7H2,(H2,16,18). The van der Waals surface area contributed by atoms with Gasteiger partial charge >= 0.3 is 0 Å². The van der Waals surface area contributed by atoms with Crippen LogP contribution in [-0.4, -0.2) is 16.0 Å². The number of hydrogen-bond donors (Lipinski definition) is 2. The van der Waals surface area contributed by atoms with Gasteiger partial charge in [0.2, 0.25) is 0 Å². The Hall–Kier alpha value is -1.43. The summed E-state index contributed by atoms with van der Waals surface area (Å²) in [5.41, 5.74) is 6.91. The first-order valence-corrected chi connectivity index (χ1v) is 7.35. The number of amidine groups is 1. The Morgan fingerprint density at radius 2 is 2.15 bits per heavy atom. The summed E-state index contributed by atoms with van der Waals surface area (Å²) < 4.78 is 0. The number of nitrogens with zero attached hydrogens (tertiary/aromatic N) is 2. The predicted molar refractivity (Wildman–Crippen MR) is 82.8 cm³/mol. The highest BCUT2D eigenvalue weighted by Gasteiger charge is 2.10. The maximum atomic E-state index is 8.76. The number of hydrogen-bond acceptors (Lipinski definition) is 4. The second kappa shape index (κ2) is 6.83. The van der Waals surface area contributed by atoms with E-state index in [0.29, 0.717) is 21.5 Å². The minimum absolute atomic E-state index is 0.0154. The Kier molecular flexibility index (Phi) is 5.11. The molecule has 0 amide bonds. The molecular formula is C13H11Cl2N3OS. The monoisotopic (exact) mass is 327 g/mol. The number of aromatic nitrogens is 1. The van der Waals surface area contributed by atoms with Crippen LogP contribution < -0.4 is 5.73 Å². The van der Waals surface area contributed by atoms with Crippen LogP contribution in [0.3, 0.4) is 0 Å². The molecule has 2 rings (SSSR count). The van der Waals surface area contributed by atoms with Crippen molar-refractivity contribution in [3.63, 3.8) is 0 Å². The quantitative estimate of drug-likeness (QED) is 0.295. The fourth-order valence-corrected chi connectivity index (χ4v) is 3.05. The molecule has 0 fully saturated rings. The van der Waals surface area contributed by atoms with Crippen molar-refractivity contribution in [2.24, 2.45) is 10.9 Å². The number of halogens is 2. The van der Waals surface area contributed by atoms with Gasteiger partial charge in [-0.2, -0.15) is 0 Å². The molecule has 3 N–H and O–H groups in total. The molecule has 2 aromatic rings. The van der Waals surface area contributed by atoms with Gasteiger partial charge in [-0.1, -0.05) is 34.4 Å². The van der Waals surface area contributed by atoms with Gasteiger partial charge in [0.05, 0.1) is 5.02 Å². The molecule has 0 saturated heterocycles. The van der Waals surface area contributed by atoms with Gasteiger partial charge in [-0.25, -0.2) is 0 Å². The van der Waals surface area contributed by atoms with E-state index >= 15 is 0 Å². The molecule has 0 radical (unpaired) electrons. The van der Waals surface area contributed by atoms with Gasteiger partial charge in [0.25, 0.3) is 0 Å². The zero-order valence-corrected chi connectivity index (χ0v) is 12.6. The Balaban J connectivity index is 2.21. The van der Waals surface area contributed by atoms with Gasteiger partial charge in [0.15, 0.2) is 5.84 Å². The van der Waals surface area contributed by atoms with Crippen LogP contribution in [0.5, 0.6) is 0 Å². The summed E-state index contributed by atoms with van der Waals surface area (Å²) in [6.07, 6.45) is 1.59. The number of nitrogens with two attached hydrogens (primary N) is 1. The molecule has 0 aliphatic heterocycles. The van der Waals surface area contributed by atoms with Gasteiger partial charge in [-0.05, 0) is 29.8 Å². The van der Waals surface area contributed by atoms with Crippen LogP contribution in [0.25, 0.3) is 0 Å². The van der Waals surface area contributed by atoms with Crippen molar-refractivity contribution in [2.45, 2.75) is 10.6 Å². The average molecular weight is 328 g/mol. The number of rotatable bonds is 4. The molecule has 104 valence electrons. The normalized spacial score (nSPS) is 11.6. The average Bonchev–Trinajstić information content (AvgIpc) is 2.47. The van der Waals surface area contributed by atoms with E-state index in [4.69, 9.17) is 34.1 Å². The van der Waals surface area contributed by atoms with Crippen molar-refractivity contribution >= 4 is 40.8 Å². The van der Waals surface area contributed by atoms with Crippen LogP contribution in [-0.2, 0) is 5.75 Å². The lowest BCUT2D eigenvalue weighted by atomic mass is 10.2. The molecule has 7 heteroatoms. The van der Waals surface area contributed by atoms with E-state index in [2.05, 4.69) is 10.1 Å². The van der Waals surface area contributed by atoms with Crippen LogP contribution in [0.1, 0.15) is 11.3 Å². The molecule has 0 bridgehead atoms. The summed E-state index contributed by atoms with van der Waals surface area (Å²) in [5, 5.41) is 13.0. The number of thioether (sulfide) groups is 1. The van der Waals surface area contributed by atoms with E-state index in [9.17, 15) is 0 Å². The number of pyridine rings is 1. The fourth-order valence-electron chi connectivity index (χ4n) is 1.58. The van der Waals surface area contributed by atoms with Gasteiger partial charge < -0.3 is 10.9 Å². The van der Waals surface area contributed by atoms with Crippen molar-refractivity contribution in [3.8, 4) is 0 Å². The molecule has 1 aromatic carbocycles. The predicted octanol–water partition coefficient (Wildman–Crippen LogP) is 3.78. The van der Waals surface area contributed by atoms with Gasteiger partial charge in [0, 0.05) is 21.9 Å². The summed E-state index contributed by atoms with van der Waals surface area (Å²) >= 11 is 13.6. The number of benzene rings is 1. The largest absolute Gasteiger partial charge is 0.409 e. The lowest BCUT2D eigenvalue weighted by Crippen LogP contribution is -2.17. The first kappa shape index (κ1) is 15.0. The Morgan fingerprint density at radius 1 is 1.35 bits per heavy atom. The lowest BCUT2D eigenvalue weighted by molar-refractivity contribution is 0.318. The zero-order chi connectivity index (χ0) is 14.5. The highest BCUT2D eigenvalue weighted by molar-refractivity contribution is 7.98. The van der Waals surface area contributed by atoms with Crippen molar-refractivity contribution < 1.29 is 5.21 Å². The van der Waals surface area contributed by atoms with E-state index in [0.717, 1.165) is 10.5 Å². The van der Waals surface area contributed by atoms with Gasteiger partial charge in [-0.15, -0.1) is 11.8 Å². The van der Waals surface area contributed by atoms with Crippen LogP contribution in [0.15, 0.2) is 46.6 Å². The maximum Gasteiger partial charge on any atom is 0.189 e. The van der Waals surface area contributed by atoms with Crippen molar-refractivity contribution in [2.75, 3.05) is 0 Å². The molecule has 0 atom stereocenters. The van der Waals surface area contributed by atoms with Crippen molar-refractivity contribution in [1.82, 2.24) is 4.98 Å². The van der Waals surface area contributed by atoms with Crippen LogP contribution in [0.4, 0.5) is 0 Å². The Labute approximate surface area is 130 Å². The fraction of sp³-hybridized carbons (Fsp3) is 0.0769. The third-order valence-electron chi connectivity index (χ3n) is 2.52. The molecule has 0 aliphatic rings. The number of oxime groups is 1. The highest BCUT2D eigenvalue weighted by Crippen LogP contribution is 2.32. The summed E-state index contributed by atoms with van der Waals surface area (Å²) in [6, 6.07) is 8.95. The first-order valence-electron chi connectivity index (χ1n) is 5.61. The molecular weight excluding hydrogens is 317 g/mol. The van der Waals surface area contributed by atoms with Gasteiger partial charge in [0.1, 0.15) is 5.69 Å². The van der Waals surface area contributed by atoms with Crippen LogP contribution in [0.2, 0.25) is 10.0 Å². The molecule has 20 heavy (non-hydrogen) atoms. The van der Waals surface area contributed by atoms with Crippen molar-refractivity contribution in [3.05, 3.63) is 57.8 Å². The SMILES string of the molecule is NC(=NO)c1ncccc1CSc1cc(Cl)ccc1Cl. The van der Waals surface area contributed by atoms with E-state index in [1.165, 1.54) is 11.8 Å². The second-order valence-electron chi connectivity index (χ2n) is 3.86. The van der Waals surface area contributed by atoms with Crippen LogP contribution >= 0.6 is 35.0 Å². The highest BCUT2D eigenvalue weighted by atomic mass is 35.5. The van der Waals surface area contributed by atoms with E-state index < -0.39 is 0 Å². The Bertz CT molecular complexity index is 649. The third-order valence-corrected chi connectivity index (χ3v) is 4.30. The van der Waals surface area contributed by atoms with E-state index in [1.54, 1.807) is 30.5 Å². The molecule has 0 saturated carbocycles. The lowest BCUT2D eigenvalue weighted by Gasteiger charge is -2.08. The second-order valence-corrected chi connectivity index (χ2v) is 5.72. The summed E-state index contributed by atoms with van der Waals surface area (Å²) in [4.78, 5) is 4.98. The maximum absolute atomic E-state index is 8.76. The Morgan fingerprint density at radius 3 is 2.90 bits per heavy atom. The molecule has 1 aromatic heterocycles. The molecule has 0 aliphatic carbocycles. The third kappa shape index (κ3) is 3.56. The zero-order valence-electron chi connectivity index (χ0n) is 10.3. The summed E-state index contributed by atoms with van der Waals surface area (Å²) in [6.45, 7) is 0. The minimum Gasteiger partial charge on any atom is -0.409 e. The van der Waals surface area contributed by atoms with E-state index in [1.807, 2.05) is 6.07 Å². The van der Waals surface area contributed by atoms with Gasteiger partial charge in [-0.3, -0.25) is 4.98 Å². The first-order chi connectivity index (χ1) is 9.61. The smallest absolute Gasteiger partial charge is 0.189 e. The molecule has 4 nitrogen and oxygen atoms in total. The minimum atomic E-state index is -0.0154. The topological polar surface area (TPSA) is 71.5 Å². The molecule has 0 spiro atoms. The molecule has 1 heterocycles. The summed E-state index contributed by atoms with van der Waals surface area (Å²) in [5.74, 6) is 0.567. The molecule has 0 unspecified atom stereocenters. The summed E-state index contributed by atoms with van der Waals surface area (Å²) in [7, 11) is 0. The van der Waals surface area contributed by atoms with Crippen LogP contribution in [0, 0.1) is 0 Å².